The predicted octanol–water partition coefficient (Wildman–Crippen LogP) is 0.965. The standard InChI is InChI=1S/C7H14O3S/c1-6(7(9)10)11-5-3-2-4-8/h6,8H,2-5H2,1H3,(H,9,10). The summed E-state index contributed by atoms with van der Waals surface area (Å²) in [6, 6.07) is 0. The second-order valence-corrected chi connectivity index (χ2v) is 3.73. The summed E-state index contributed by atoms with van der Waals surface area (Å²) in [6.07, 6.45) is 1.65. The molecular weight excluding hydrogens is 164 g/mol. The fraction of sp³-hybridized carbons (Fsp3) is 0.857. The molecule has 0 heterocycles. The quantitative estimate of drug-likeness (QED) is 0.595. The fourth-order valence-electron chi connectivity index (χ4n) is 0.545. The van der Waals surface area contributed by atoms with Crippen LogP contribution >= 0.6 is 11.8 Å². The summed E-state index contributed by atoms with van der Waals surface area (Å²) in [6.45, 7) is 1.87. The molecule has 0 amide bonds. The molecule has 0 aromatic heterocycles. The molecule has 0 bridgehead atoms. The van der Waals surface area contributed by atoms with Gasteiger partial charge in [0.1, 0.15) is 0 Å². The highest BCUT2D eigenvalue weighted by Gasteiger charge is 2.09. The van der Waals surface area contributed by atoms with E-state index in [0.29, 0.717) is 0 Å². The Morgan fingerprint density at radius 1 is 1.55 bits per heavy atom. The summed E-state index contributed by atoms with van der Waals surface area (Å²) >= 11 is 1.41. The molecule has 4 heteroatoms. The van der Waals surface area contributed by atoms with Gasteiger partial charge < -0.3 is 10.2 Å². The molecule has 3 nitrogen and oxygen atoms in total. The number of hydrogen-bond acceptors (Lipinski definition) is 3. The number of carbonyl (C=O) groups is 1. The van der Waals surface area contributed by atoms with Crippen molar-refractivity contribution < 1.29 is 15.0 Å². The number of aliphatic hydroxyl groups excluding tert-OH is 1. The van der Waals surface area contributed by atoms with Gasteiger partial charge >= 0.3 is 5.97 Å². The molecule has 0 rings (SSSR count). The minimum absolute atomic E-state index is 0.196. The highest BCUT2D eigenvalue weighted by molar-refractivity contribution is 8.00. The zero-order valence-electron chi connectivity index (χ0n) is 6.62. The average molecular weight is 178 g/mol. The molecule has 1 unspecified atom stereocenters. The molecule has 0 fully saturated rings. The van der Waals surface area contributed by atoms with Crippen LogP contribution in [0.4, 0.5) is 0 Å². The Balaban J connectivity index is 3.17. The largest absolute Gasteiger partial charge is 0.480 e. The Hall–Kier alpha value is -0.220. The van der Waals surface area contributed by atoms with E-state index in [1.54, 1.807) is 6.92 Å². The highest BCUT2D eigenvalue weighted by Crippen LogP contribution is 2.12. The number of aliphatic hydroxyl groups is 1. The zero-order valence-corrected chi connectivity index (χ0v) is 7.43. The number of carboxylic acids is 1. The fourth-order valence-corrected chi connectivity index (χ4v) is 1.41. The molecule has 1 atom stereocenters. The molecule has 2 N–H and O–H groups in total. The normalized spacial score (nSPS) is 12.9. The Kier molecular flexibility index (Phi) is 6.36. The van der Waals surface area contributed by atoms with Crippen molar-refractivity contribution >= 4 is 17.7 Å². The third-order valence-corrected chi connectivity index (χ3v) is 2.49. The van der Waals surface area contributed by atoms with E-state index in [1.807, 2.05) is 0 Å². The maximum Gasteiger partial charge on any atom is 0.316 e. The van der Waals surface area contributed by atoms with Crippen molar-refractivity contribution in [3.05, 3.63) is 0 Å². The van der Waals surface area contributed by atoms with Crippen molar-refractivity contribution in [2.75, 3.05) is 12.4 Å². The van der Waals surface area contributed by atoms with Crippen molar-refractivity contribution in [2.45, 2.75) is 25.0 Å². The molecule has 0 spiro atoms. The van der Waals surface area contributed by atoms with Gasteiger partial charge in [-0.1, -0.05) is 0 Å². The first-order chi connectivity index (χ1) is 5.18. The topological polar surface area (TPSA) is 57.5 Å². The van der Waals surface area contributed by atoms with Crippen LogP contribution in [0, 0.1) is 0 Å². The van der Waals surface area contributed by atoms with E-state index >= 15 is 0 Å². The third-order valence-electron chi connectivity index (χ3n) is 1.27. The molecule has 0 aliphatic heterocycles. The van der Waals surface area contributed by atoms with E-state index in [4.69, 9.17) is 10.2 Å². The monoisotopic (exact) mass is 178 g/mol. The summed E-state index contributed by atoms with van der Waals surface area (Å²) in [7, 11) is 0. The average Bonchev–Trinajstić information content (AvgIpc) is 1.97. The number of aliphatic carboxylic acids is 1. The summed E-state index contributed by atoms with van der Waals surface area (Å²) in [5.74, 6) is 0.0487. The Morgan fingerprint density at radius 2 is 2.18 bits per heavy atom. The van der Waals surface area contributed by atoms with Gasteiger partial charge in [-0.15, -0.1) is 11.8 Å². The van der Waals surface area contributed by atoms with Crippen LogP contribution in [0.3, 0.4) is 0 Å². The first kappa shape index (κ1) is 10.8. The van der Waals surface area contributed by atoms with Gasteiger partial charge in [0, 0.05) is 6.61 Å². The first-order valence-electron chi connectivity index (χ1n) is 3.63. The third kappa shape index (κ3) is 6.19. The maximum atomic E-state index is 10.3. The van der Waals surface area contributed by atoms with Crippen molar-refractivity contribution in [3.8, 4) is 0 Å². The van der Waals surface area contributed by atoms with Gasteiger partial charge in [-0.05, 0) is 25.5 Å². The van der Waals surface area contributed by atoms with E-state index in [9.17, 15) is 4.79 Å². The van der Waals surface area contributed by atoms with E-state index in [0.717, 1.165) is 18.6 Å². The number of rotatable bonds is 6. The van der Waals surface area contributed by atoms with Gasteiger partial charge in [-0.25, -0.2) is 0 Å². The van der Waals surface area contributed by atoms with Gasteiger partial charge in [0.05, 0.1) is 5.25 Å². The predicted molar refractivity (Wildman–Crippen MR) is 45.9 cm³/mol. The minimum atomic E-state index is -0.765. The number of hydrogen-bond donors (Lipinski definition) is 2. The van der Waals surface area contributed by atoms with E-state index in [2.05, 4.69) is 0 Å². The van der Waals surface area contributed by atoms with Gasteiger partial charge in [0.25, 0.3) is 0 Å². The minimum Gasteiger partial charge on any atom is -0.480 e. The summed E-state index contributed by atoms with van der Waals surface area (Å²) in [4.78, 5) is 10.3. The molecule has 0 saturated heterocycles. The van der Waals surface area contributed by atoms with Crippen LogP contribution in [0.1, 0.15) is 19.8 Å². The molecule has 0 aliphatic rings. The van der Waals surface area contributed by atoms with E-state index in [-0.39, 0.29) is 11.9 Å². The Bertz CT molecular complexity index is 116. The van der Waals surface area contributed by atoms with Crippen LogP contribution in [0.2, 0.25) is 0 Å². The summed E-state index contributed by atoms with van der Waals surface area (Å²) in [5, 5.41) is 16.6. The van der Waals surface area contributed by atoms with Crippen LogP contribution in [0.5, 0.6) is 0 Å². The van der Waals surface area contributed by atoms with Gasteiger partial charge in [-0.2, -0.15) is 0 Å². The molecule has 0 saturated carbocycles. The molecule has 0 radical (unpaired) electrons. The molecule has 0 aliphatic carbocycles. The van der Waals surface area contributed by atoms with Crippen LogP contribution in [-0.4, -0.2) is 33.8 Å². The summed E-state index contributed by atoms with van der Waals surface area (Å²) < 4.78 is 0. The van der Waals surface area contributed by atoms with E-state index in [1.165, 1.54) is 11.8 Å². The van der Waals surface area contributed by atoms with Crippen molar-refractivity contribution in [1.29, 1.82) is 0 Å². The van der Waals surface area contributed by atoms with Crippen molar-refractivity contribution in [3.63, 3.8) is 0 Å². The first-order valence-corrected chi connectivity index (χ1v) is 4.68. The molecule has 0 aromatic rings. The van der Waals surface area contributed by atoms with E-state index < -0.39 is 5.97 Å². The Labute approximate surface area is 70.8 Å². The zero-order chi connectivity index (χ0) is 8.69. The number of unbranched alkanes of at least 4 members (excludes halogenated alkanes) is 1. The van der Waals surface area contributed by atoms with Gasteiger partial charge in [0.2, 0.25) is 0 Å². The Morgan fingerprint density at radius 3 is 2.64 bits per heavy atom. The molecular formula is C7H14O3S. The maximum absolute atomic E-state index is 10.3. The van der Waals surface area contributed by atoms with Crippen molar-refractivity contribution in [1.82, 2.24) is 0 Å². The molecule has 0 aromatic carbocycles. The second-order valence-electron chi connectivity index (χ2n) is 2.28. The SMILES string of the molecule is CC(SCCCCO)C(=O)O. The lowest BCUT2D eigenvalue weighted by Gasteiger charge is -2.03. The smallest absolute Gasteiger partial charge is 0.316 e. The lowest BCUT2D eigenvalue weighted by atomic mass is 10.4. The van der Waals surface area contributed by atoms with Crippen LogP contribution in [-0.2, 0) is 4.79 Å². The summed E-state index contributed by atoms with van der Waals surface area (Å²) in [5.41, 5.74) is 0. The van der Waals surface area contributed by atoms with Crippen LogP contribution < -0.4 is 0 Å². The van der Waals surface area contributed by atoms with Crippen LogP contribution in [0.15, 0.2) is 0 Å². The van der Waals surface area contributed by atoms with Crippen molar-refractivity contribution in [2.24, 2.45) is 0 Å². The second kappa shape index (κ2) is 6.49. The lowest BCUT2D eigenvalue weighted by Crippen LogP contribution is -2.11. The molecule has 11 heavy (non-hydrogen) atoms. The lowest BCUT2D eigenvalue weighted by molar-refractivity contribution is -0.136. The van der Waals surface area contributed by atoms with Gasteiger partial charge in [0.15, 0.2) is 0 Å². The van der Waals surface area contributed by atoms with Gasteiger partial charge in [-0.3, -0.25) is 4.79 Å². The highest BCUT2D eigenvalue weighted by atomic mass is 32.2. The van der Waals surface area contributed by atoms with Crippen LogP contribution in [0.25, 0.3) is 0 Å². The number of thioether (sulfide) groups is 1. The number of carboxylic acid groups (broad SMARTS) is 1. The molecule has 66 valence electrons.